The van der Waals surface area contributed by atoms with Crippen molar-refractivity contribution in [1.82, 2.24) is 5.32 Å². The molecular formula is C14H16BrNO4. The van der Waals surface area contributed by atoms with Gasteiger partial charge >= 0.3 is 0 Å². The number of benzene rings is 1. The van der Waals surface area contributed by atoms with Gasteiger partial charge in [0.25, 0.3) is 5.91 Å². The summed E-state index contributed by atoms with van der Waals surface area (Å²) in [5.41, 5.74) is 0.555. The molecule has 2 heterocycles. The molecule has 0 aliphatic carbocycles. The van der Waals surface area contributed by atoms with Crippen LogP contribution >= 0.6 is 15.9 Å². The zero-order valence-electron chi connectivity index (χ0n) is 11.0. The highest BCUT2D eigenvalue weighted by Gasteiger charge is 2.20. The number of carbonyl (C=O) groups excluding carboxylic acids is 1. The first-order valence-electron chi connectivity index (χ1n) is 6.73. The second-order valence-corrected chi connectivity index (χ2v) is 5.68. The molecule has 1 atom stereocenters. The SMILES string of the molecule is O=C(NC[C@@H]1CCCO1)c1cc(Br)c2c(c1)OCCO2. The third kappa shape index (κ3) is 2.91. The summed E-state index contributed by atoms with van der Waals surface area (Å²) in [6.07, 6.45) is 2.21. The maximum Gasteiger partial charge on any atom is 0.251 e. The highest BCUT2D eigenvalue weighted by atomic mass is 79.9. The number of amides is 1. The molecule has 0 aromatic heterocycles. The molecule has 0 unspecified atom stereocenters. The van der Waals surface area contributed by atoms with Gasteiger partial charge in [0.2, 0.25) is 0 Å². The number of rotatable bonds is 3. The van der Waals surface area contributed by atoms with Crippen LogP contribution in [0.25, 0.3) is 0 Å². The Morgan fingerprint density at radius 2 is 2.15 bits per heavy atom. The molecule has 1 fully saturated rings. The van der Waals surface area contributed by atoms with Crippen molar-refractivity contribution in [3.63, 3.8) is 0 Å². The zero-order chi connectivity index (χ0) is 13.9. The Balaban J connectivity index is 1.69. The Morgan fingerprint density at radius 1 is 1.30 bits per heavy atom. The molecule has 0 radical (unpaired) electrons. The second kappa shape index (κ2) is 6.01. The number of hydrogen-bond acceptors (Lipinski definition) is 4. The lowest BCUT2D eigenvalue weighted by Gasteiger charge is -2.20. The molecule has 3 rings (SSSR count). The number of carbonyl (C=O) groups is 1. The van der Waals surface area contributed by atoms with E-state index in [9.17, 15) is 4.79 Å². The Kier molecular flexibility index (Phi) is 4.12. The first-order chi connectivity index (χ1) is 9.74. The van der Waals surface area contributed by atoms with E-state index in [0.717, 1.165) is 23.9 Å². The van der Waals surface area contributed by atoms with Crippen LogP contribution in [0, 0.1) is 0 Å². The minimum atomic E-state index is -0.127. The summed E-state index contributed by atoms with van der Waals surface area (Å²) in [6, 6.07) is 3.46. The molecule has 0 spiro atoms. The fraction of sp³-hybridized carbons (Fsp3) is 0.500. The van der Waals surface area contributed by atoms with E-state index in [4.69, 9.17) is 14.2 Å². The molecule has 6 heteroatoms. The molecule has 0 bridgehead atoms. The lowest BCUT2D eigenvalue weighted by molar-refractivity contribution is 0.0857. The van der Waals surface area contributed by atoms with Gasteiger partial charge in [-0.05, 0) is 40.9 Å². The average Bonchev–Trinajstić information content (AvgIpc) is 2.98. The third-order valence-corrected chi connectivity index (χ3v) is 3.96. The van der Waals surface area contributed by atoms with Crippen molar-refractivity contribution in [2.45, 2.75) is 18.9 Å². The summed E-state index contributed by atoms with van der Waals surface area (Å²) in [4.78, 5) is 12.2. The molecule has 108 valence electrons. The van der Waals surface area contributed by atoms with Crippen molar-refractivity contribution in [2.24, 2.45) is 0 Å². The largest absolute Gasteiger partial charge is 0.486 e. The summed E-state index contributed by atoms with van der Waals surface area (Å²) in [6.45, 7) is 2.36. The number of nitrogens with one attached hydrogen (secondary N) is 1. The van der Waals surface area contributed by atoms with Crippen LogP contribution in [0.5, 0.6) is 11.5 Å². The molecule has 2 aliphatic rings. The van der Waals surface area contributed by atoms with E-state index in [0.29, 0.717) is 36.8 Å². The quantitative estimate of drug-likeness (QED) is 0.914. The van der Waals surface area contributed by atoms with Gasteiger partial charge in [-0.3, -0.25) is 4.79 Å². The van der Waals surface area contributed by atoms with Gasteiger partial charge in [-0.1, -0.05) is 0 Å². The van der Waals surface area contributed by atoms with Gasteiger partial charge in [-0.25, -0.2) is 0 Å². The van der Waals surface area contributed by atoms with E-state index in [-0.39, 0.29) is 12.0 Å². The van der Waals surface area contributed by atoms with Crippen LogP contribution in [0.1, 0.15) is 23.2 Å². The topological polar surface area (TPSA) is 56.8 Å². The summed E-state index contributed by atoms with van der Waals surface area (Å²) in [5.74, 6) is 1.14. The van der Waals surface area contributed by atoms with Crippen LogP contribution in [0.2, 0.25) is 0 Å². The average molecular weight is 342 g/mol. The molecule has 0 saturated carbocycles. The fourth-order valence-electron chi connectivity index (χ4n) is 2.36. The molecule has 1 N–H and O–H groups in total. The summed E-state index contributed by atoms with van der Waals surface area (Å²) < 4.78 is 17.2. The molecule has 2 aliphatic heterocycles. The predicted octanol–water partition coefficient (Wildman–Crippen LogP) is 2.13. The van der Waals surface area contributed by atoms with Gasteiger partial charge in [-0.15, -0.1) is 0 Å². The zero-order valence-corrected chi connectivity index (χ0v) is 12.6. The van der Waals surface area contributed by atoms with Crippen molar-refractivity contribution in [3.05, 3.63) is 22.2 Å². The number of fused-ring (bicyclic) bond motifs is 1. The minimum Gasteiger partial charge on any atom is -0.486 e. The van der Waals surface area contributed by atoms with Gasteiger partial charge in [0, 0.05) is 18.7 Å². The van der Waals surface area contributed by atoms with Crippen molar-refractivity contribution in [1.29, 1.82) is 0 Å². The van der Waals surface area contributed by atoms with E-state index in [1.807, 2.05) is 0 Å². The van der Waals surface area contributed by atoms with E-state index in [1.165, 1.54) is 0 Å². The smallest absolute Gasteiger partial charge is 0.251 e. The lowest BCUT2D eigenvalue weighted by Crippen LogP contribution is -2.31. The van der Waals surface area contributed by atoms with Crippen LogP contribution < -0.4 is 14.8 Å². The Labute approximate surface area is 125 Å². The Morgan fingerprint density at radius 3 is 2.95 bits per heavy atom. The summed E-state index contributed by atoms with van der Waals surface area (Å²) in [5, 5.41) is 2.89. The molecule has 20 heavy (non-hydrogen) atoms. The maximum atomic E-state index is 12.2. The van der Waals surface area contributed by atoms with Crippen LogP contribution in [0.15, 0.2) is 16.6 Å². The third-order valence-electron chi connectivity index (χ3n) is 3.37. The second-order valence-electron chi connectivity index (χ2n) is 4.83. The van der Waals surface area contributed by atoms with Crippen LogP contribution in [-0.2, 0) is 4.74 Å². The van der Waals surface area contributed by atoms with Crippen molar-refractivity contribution < 1.29 is 19.0 Å². The van der Waals surface area contributed by atoms with Crippen molar-refractivity contribution in [2.75, 3.05) is 26.4 Å². The number of ether oxygens (including phenoxy) is 3. The first kappa shape index (κ1) is 13.7. The van der Waals surface area contributed by atoms with Gasteiger partial charge in [0.15, 0.2) is 11.5 Å². The molecule has 5 nitrogen and oxygen atoms in total. The predicted molar refractivity (Wildman–Crippen MR) is 76.4 cm³/mol. The molecule has 1 amide bonds. The fourth-order valence-corrected chi connectivity index (χ4v) is 2.91. The molecule has 1 aromatic rings. The van der Waals surface area contributed by atoms with Gasteiger partial charge in [-0.2, -0.15) is 0 Å². The Hall–Kier alpha value is -1.27. The first-order valence-corrected chi connectivity index (χ1v) is 7.52. The van der Waals surface area contributed by atoms with Crippen LogP contribution in [-0.4, -0.2) is 38.4 Å². The van der Waals surface area contributed by atoms with E-state index in [2.05, 4.69) is 21.2 Å². The minimum absolute atomic E-state index is 0.127. The summed E-state index contributed by atoms with van der Waals surface area (Å²) >= 11 is 3.41. The normalized spacial score (nSPS) is 20.8. The van der Waals surface area contributed by atoms with Gasteiger partial charge < -0.3 is 19.5 Å². The molecular weight excluding hydrogens is 326 g/mol. The van der Waals surface area contributed by atoms with E-state index in [1.54, 1.807) is 12.1 Å². The monoisotopic (exact) mass is 341 g/mol. The molecule has 1 aromatic carbocycles. The van der Waals surface area contributed by atoms with E-state index >= 15 is 0 Å². The number of hydrogen-bond donors (Lipinski definition) is 1. The summed E-state index contributed by atoms with van der Waals surface area (Å²) in [7, 11) is 0. The van der Waals surface area contributed by atoms with Crippen LogP contribution in [0.4, 0.5) is 0 Å². The highest BCUT2D eigenvalue weighted by molar-refractivity contribution is 9.10. The van der Waals surface area contributed by atoms with E-state index < -0.39 is 0 Å². The Bertz CT molecular complexity index is 514. The van der Waals surface area contributed by atoms with Crippen molar-refractivity contribution >= 4 is 21.8 Å². The number of halogens is 1. The van der Waals surface area contributed by atoms with Crippen LogP contribution in [0.3, 0.4) is 0 Å². The standard InChI is InChI=1S/C14H16BrNO4/c15-11-6-9(7-12-13(11)20-5-4-19-12)14(17)16-8-10-2-1-3-18-10/h6-7,10H,1-5,8H2,(H,16,17)/t10-/m0/s1. The lowest BCUT2D eigenvalue weighted by atomic mass is 10.1. The molecule has 1 saturated heterocycles. The van der Waals surface area contributed by atoms with Crippen molar-refractivity contribution in [3.8, 4) is 11.5 Å². The van der Waals surface area contributed by atoms with Gasteiger partial charge in [0.1, 0.15) is 13.2 Å². The highest BCUT2D eigenvalue weighted by Crippen LogP contribution is 2.38. The maximum absolute atomic E-state index is 12.2. The van der Waals surface area contributed by atoms with Gasteiger partial charge in [0.05, 0.1) is 10.6 Å².